The van der Waals surface area contributed by atoms with Crippen LogP contribution in [0.15, 0.2) is 135 Å². The molecule has 0 aliphatic rings. The van der Waals surface area contributed by atoms with Crippen molar-refractivity contribution in [3.63, 3.8) is 0 Å². The fourth-order valence-electron chi connectivity index (χ4n) is 3.48. The molecule has 0 atom stereocenters. The summed E-state index contributed by atoms with van der Waals surface area (Å²) in [5, 5.41) is 8.59. The Morgan fingerprint density at radius 3 is 1.89 bits per heavy atom. The van der Waals surface area contributed by atoms with Gasteiger partial charge in [0.1, 0.15) is 5.69 Å². The van der Waals surface area contributed by atoms with Crippen LogP contribution in [-0.2, 0) is 0 Å². The number of halogens is 2. The molecule has 4 aromatic carbocycles. The molecule has 0 radical (unpaired) electrons. The maximum Gasteiger partial charge on any atom is 0.107 e. The lowest BCUT2D eigenvalue weighted by Crippen LogP contribution is -1.99. The van der Waals surface area contributed by atoms with Gasteiger partial charge in [-0.25, -0.2) is 4.68 Å². The van der Waals surface area contributed by atoms with Gasteiger partial charge in [0, 0.05) is 42.6 Å². The number of thioether (sulfide) groups is 1. The van der Waals surface area contributed by atoms with Gasteiger partial charge in [-0.3, -0.25) is 0 Å². The fraction of sp³-hybridized carbons (Fsp3) is 0. The van der Waals surface area contributed by atoms with Gasteiger partial charge in [-0.1, -0.05) is 107 Å². The van der Waals surface area contributed by atoms with Gasteiger partial charge in [0.15, 0.2) is 0 Å². The van der Waals surface area contributed by atoms with E-state index >= 15 is 0 Å². The molecule has 5 rings (SSSR count). The van der Waals surface area contributed by atoms with Crippen LogP contribution in [0.1, 0.15) is 5.56 Å². The van der Waals surface area contributed by atoms with Crippen molar-refractivity contribution in [3.8, 4) is 11.3 Å². The standard InChI is InChI=1S/C29H20Cl2N2S2/c30-23-15-11-21(12-16-23)27(20-34-25-7-3-1-4-8-25)33-19-28(35-26-9-5-2-6-10-26)29(32-33)22-13-17-24(31)18-14-22/h1-20H/b27-20+. The largest absolute Gasteiger partial charge is 0.238 e. The normalized spacial score (nSPS) is 11.5. The first-order valence-corrected chi connectivity index (χ1v) is 13.4. The second-order valence-corrected chi connectivity index (χ2v) is 10.6. The van der Waals surface area contributed by atoms with E-state index in [2.05, 4.69) is 35.9 Å². The molecule has 0 fully saturated rings. The lowest BCUT2D eigenvalue weighted by molar-refractivity contribution is 0.908. The van der Waals surface area contributed by atoms with Gasteiger partial charge in [-0.2, -0.15) is 5.10 Å². The van der Waals surface area contributed by atoms with Crippen molar-refractivity contribution in [1.82, 2.24) is 9.78 Å². The molecule has 0 N–H and O–H groups in total. The third-order valence-corrected chi connectivity index (χ3v) is 7.62. The van der Waals surface area contributed by atoms with E-state index in [4.69, 9.17) is 28.3 Å². The van der Waals surface area contributed by atoms with Crippen LogP contribution in [0.5, 0.6) is 0 Å². The van der Waals surface area contributed by atoms with Gasteiger partial charge in [0.2, 0.25) is 0 Å². The molecule has 5 aromatic rings. The van der Waals surface area contributed by atoms with Gasteiger partial charge in [0.25, 0.3) is 0 Å². The number of nitrogens with zero attached hydrogens (tertiary/aromatic N) is 2. The van der Waals surface area contributed by atoms with E-state index < -0.39 is 0 Å². The Bertz CT molecular complexity index is 1430. The highest BCUT2D eigenvalue weighted by atomic mass is 35.5. The third kappa shape index (κ3) is 6.03. The molecule has 1 heterocycles. The van der Waals surface area contributed by atoms with Crippen molar-refractivity contribution >= 4 is 52.4 Å². The number of rotatable bonds is 7. The first-order valence-electron chi connectivity index (χ1n) is 10.9. The Morgan fingerprint density at radius 2 is 1.26 bits per heavy atom. The molecule has 0 amide bonds. The predicted octanol–water partition coefficient (Wildman–Crippen LogP) is 9.65. The smallest absolute Gasteiger partial charge is 0.107 e. The highest BCUT2D eigenvalue weighted by Gasteiger charge is 2.16. The maximum atomic E-state index is 6.19. The molecule has 6 heteroatoms. The first kappa shape index (κ1) is 23.8. The lowest BCUT2D eigenvalue weighted by atomic mass is 10.2. The Hall–Kier alpha value is -2.89. The highest BCUT2D eigenvalue weighted by Crippen LogP contribution is 2.37. The minimum absolute atomic E-state index is 0.700. The lowest BCUT2D eigenvalue weighted by Gasteiger charge is -2.09. The summed E-state index contributed by atoms with van der Waals surface area (Å²) in [6, 6.07) is 36.3. The van der Waals surface area contributed by atoms with Crippen molar-refractivity contribution < 1.29 is 0 Å². The molecule has 35 heavy (non-hydrogen) atoms. The first-order chi connectivity index (χ1) is 17.2. The van der Waals surface area contributed by atoms with Crippen molar-refractivity contribution in [3.05, 3.63) is 136 Å². The number of benzene rings is 4. The van der Waals surface area contributed by atoms with Crippen LogP contribution in [0.25, 0.3) is 17.0 Å². The number of hydrogen-bond acceptors (Lipinski definition) is 3. The van der Waals surface area contributed by atoms with Crippen LogP contribution in [0.2, 0.25) is 10.0 Å². The predicted molar refractivity (Wildman–Crippen MR) is 150 cm³/mol. The minimum Gasteiger partial charge on any atom is -0.238 e. The molecule has 172 valence electrons. The zero-order valence-electron chi connectivity index (χ0n) is 18.5. The van der Waals surface area contributed by atoms with Gasteiger partial charge in [-0.15, -0.1) is 0 Å². The summed E-state index contributed by atoms with van der Waals surface area (Å²) in [7, 11) is 0. The average molecular weight is 532 g/mol. The molecule has 0 spiro atoms. The topological polar surface area (TPSA) is 17.8 Å². The monoisotopic (exact) mass is 530 g/mol. The molecule has 0 aliphatic carbocycles. The summed E-state index contributed by atoms with van der Waals surface area (Å²) < 4.78 is 1.95. The van der Waals surface area contributed by atoms with Crippen LogP contribution in [0, 0.1) is 0 Å². The van der Waals surface area contributed by atoms with Crippen LogP contribution < -0.4 is 0 Å². The van der Waals surface area contributed by atoms with Crippen LogP contribution in [0.3, 0.4) is 0 Å². The summed E-state index contributed by atoms with van der Waals surface area (Å²) >= 11 is 15.7. The van der Waals surface area contributed by atoms with Crippen molar-refractivity contribution in [2.45, 2.75) is 14.7 Å². The van der Waals surface area contributed by atoms with Crippen molar-refractivity contribution in [2.75, 3.05) is 0 Å². The molecule has 0 aliphatic heterocycles. The van der Waals surface area contributed by atoms with E-state index in [0.29, 0.717) is 10.0 Å². The summed E-state index contributed by atoms with van der Waals surface area (Å²) in [4.78, 5) is 3.36. The van der Waals surface area contributed by atoms with E-state index in [0.717, 1.165) is 37.2 Å². The third-order valence-electron chi connectivity index (χ3n) is 5.21. The molecule has 2 nitrogen and oxygen atoms in total. The molecular formula is C29H20Cl2N2S2. The Kier molecular flexibility index (Phi) is 7.65. The van der Waals surface area contributed by atoms with Crippen molar-refractivity contribution in [2.24, 2.45) is 0 Å². The Labute approximate surface area is 223 Å². The van der Waals surface area contributed by atoms with Gasteiger partial charge >= 0.3 is 0 Å². The van der Waals surface area contributed by atoms with Crippen molar-refractivity contribution in [1.29, 1.82) is 0 Å². The number of aromatic nitrogens is 2. The van der Waals surface area contributed by atoms with Crippen LogP contribution in [-0.4, -0.2) is 9.78 Å². The SMILES string of the molecule is Clc1ccc(/C(=C\Sc2ccccc2)n2cc(Sc3ccccc3)c(-c3ccc(Cl)cc3)n2)cc1. The molecule has 0 saturated carbocycles. The summed E-state index contributed by atoms with van der Waals surface area (Å²) in [5.41, 5.74) is 3.91. The fourth-order valence-corrected chi connectivity index (χ4v) is 5.49. The van der Waals surface area contributed by atoms with E-state index in [1.807, 2.05) is 89.6 Å². The maximum absolute atomic E-state index is 6.19. The van der Waals surface area contributed by atoms with Gasteiger partial charge in [0.05, 0.1) is 10.6 Å². The summed E-state index contributed by atoms with van der Waals surface area (Å²) in [5.74, 6) is 0. The zero-order valence-corrected chi connectivity index (χ0v) is 21.7. The second kappa shape index (κ2) is 11.2. The molecule has 0 saturated heterocycles. The zero-order chi connectivity index (χ0) is 24.0. The molecular weight excluding hydrogens is 511 g/mol. The Balaban J connectivity index is 1.61. The summed E-state index contributed by atoms with van der Waals surface area (Å²) in [6.45, 7) is 0. The Morgan fingerprint density at radius 1 is 0.686 bits per heavy atom. The van der Waals surface area contributed by atoms with Crippen LogP contribution >= 0.6 is 46.7 Å². The van der Waals surface area contributed by atoms with Gasteiger partial charge < -0.3 is 0 Å². The number of hydrogen-bond donors (Lipinski definition) is 0. The molecule has 1 aromatic heterocycles. The van der Waals surface area contributed by atoms with Crippen LogP contribution in [0.4, 0.5) is 0 Å². The van der Waals surface area contributed by atoms with E-state index in [1.54, 1.807) is 23.5 Å². The highest BCUT2D eigenvalue weighted by molar-refractivity contribution is 8.02. The molecule has 0 unspecified atom stereocenters. The van der Waals surface area contributed by atoms with E-state index in [9.17, 15) is 0 Å². The minimum atomic E-state index is 0.700. The quantitative estimate of drug-likeness (QED) is 0.195. The summed E-state index contributed by atoms with van der Waals surface area (Å²) in [6.07, 6.45) is 2.09. The van der Waals surface area contributed by atoms with E-state index in [1.165, 1.54) is 0 Å². The molecule has 0 bridgehead atoms. The second-order valence-electron chi connectivity index (χ2n) is 7.65. The average Bonchev–Trinajstić information content (AvgIpc) is 3.30. The van der Waals surface area contributed by atoms with E-state index in [-0.39, 0.29) is 0 Å². The van der Waals surface area contributed by atoms with Gasteiger partial charge in [-0.05, 0) is 48.5 Å².